The van der Waals surface area contributed by atoms with Gasteiger partial charge in [-0.1, -0.05) is 13.3 Å². The number of rotatable bonds is 5. The average Bonchev–Trinajstić information content (AvgIpc) is 2.05. The van der Waals surface area contributed by atoms with Crippen molar-refractivity contribution in [3.8, 4) is 6.07 Å². The Balaban J connectivity index is 3.55. The van der Waals surface area contributed by atoms with E-state index in [0.717, 1.165) is 12.8 Å². The van der Waals surface area contributed by atoms with Crippen molar-refractivity contribution in [2.45, 2.75) is 19.8 Å². The molecular formula is C8H11NO2. The molecule has 0 amide bonds. The van der Waals surface area contributed by atoms with E-state index >= 15 is 0 Å². The second kappa shape index (κ2) is 6.81. The van der Waals surface area contributed by atoms with Crippen molar-refractivity contribution in [1.82, 2.24) is 0 Å². The Kier molecular flexibility index (Phi) is 6.01. The van der Waals surface area contributed by atoms with Gasteiger partial charge in [-0.2, -0.15) is 5.26 Å². The molecular weight excluding hydrogens is 142 g/mol. The maximum atomic E-state index is 10.0. The summed E-state index contributed by atoms with van der Waals surface area (Å²) < 4.78 is 4.90. The molecule has 0 unspecified atom stereocenters. The molecule has 0 aliphatic heterocycles. The first-order valence-electron chi connectivity index (χ1n) is 3.52. The molecule has 3 nitrogen and oxygen atoms in total. The zero-order valence-electron chi connectivity index (χ0n) is 6.54. The lowest BCUT2D eigenvalue weighted by atomic mass is 10.3. The van der Waals surface area contributed by atoms with Crippen LogP contribution in [0.25, 0.3) is 0 Å². The van der Waals surface area contributed by atoms with E-state index in [9.17, 15) is 4.79 Å². The first-order valence-corrected chi connectivity index (χ1v) is 3.52. The molecule has 0 saturated heterocycles. The molecule has 60 valence electrons. The Morgan fingerprint density at radius 1 is 1.73 bits per heavy atom. The van der Waals surface area contributed by atoms with Crippen LogP contribution in [0.4, 0.5) is 0 Å². The first-order chi connectivity index (χ1) is 5.35. The van der Waals surface area contributed by atoms with Gasteiger partial charge in [-0.25, -0.2) is 0 Å². The largest absolute Gasteiger partial charge is 0.500 e. The minimum atomic E-state index is 0.0288. The molecule has 0 atom stereocenters. The lowest BCUT2D eigenvalue weighted by Gasteiger charge is -1.96. The van der Waals surface area contributed by atoms with E-state index in [0.29, 0.717) is 12.9 Å². The van der Waals surface area contributed by atoms with Crippen molar-refractivity contribution in [3.05, 3.63) is 11.8 Å². The number of nitrogens with zero attached hydrogens (tertiary/aromatic N) is 1. The number of hydrogen-bond donors (Lipinski definition) is 0. The first kappa shape index (κ1) is 9.70. The predicted octanol–water partition coefficient (Wildman–Crippen LogP) is 1.41. The second-order valence-electron chi connectivity index (χ2n) is 2.03. The molecule has 0 heterocycles. The van der Waals surface area contributed by atoms with E-state index in [1.54, 1.807) is 6.07 Å². The summed E-state index contributed by atoms with van der Waals surface area (Å²) in [5.74, 6) is 0. The molecule has 0 aromatic heterocycles. The van der Waals surface area contributed by atoms with Crippen LogP contribution in [0.5, 0.6) is 0 Å². The third-order valence-electron chi connectivity index (χ3n) is 1.08. The third kappa shape index (κ3) is 5.16. The second-order valence-corrected chi connectivity index (χ2v) is 2.03. The van der Waals surface area contributed by atoms with Gasteiger partial charge < -0.3 is 4.74 Å². The minimum Gasteiger partial charge on any atom is -0.500 e. The summed E-state index contributed by atoms with van der Waals surface area (Å²) in [6.45, 7) is 2.60. The fourth-order valence-electron chi connectivity index (χ4n) is 0.457. The Morgan fingerprint density at radius 3 is 2.91 bits per heavy atom. The summed E-state index contributed by atoms with van der Waals surface area (Å²) >= 11 is 0. The average molecular weight is 153 g/mol. The van der Waals surface area contributed by atoms with Crippen molar-refractivity contribution in [2.24, 2.45) is 0 Å². The maximum Gasteiger partial charge on any atom is 0.163 e. The summed E-state index contributed by atoms with van der Waals surface area (Å²) in [7, 11) is 0. The quantitative estimate of drug-likeness (QED) is 0.197. The van der Waals surface area contributed by atoms with Crippen molar-refractivity contribution >= 4 is 6.29 Å². The molecule has 0 radical (unpaired) electrons. The molecule has 0 N–H and O–H groups in total. The van der Waals surface area contributed by atoms with Gasteiger partial charge in [-0.3, -0.25) is 4.79 Å². The molecule has 0 spiro atoms. The van der Waals surface area contributed by atoms with E-state index in [1.165, 1.54) is 6.26 Å². The van der Waals surface area contributed by atoms with Gasteiger partial charge in [0.1, 0.15) is 17.9 Å². The standard InChI is InChI=1S/C8H11NO2/c1-2-3-4-11-7-8(5-9)6-10/h6-7H,2-4H2,1H3/b8-7-. The number of unbranched alkanes of at least 4 members (excludes halogenated alkanes) is 1. The number of ether oxygens (including phenoxy) is 1. The normalized spacial score (nSPS) is 10.4. The van der Waals surface area contributed by atoms with Crippen LogP contribution in [0.1, 0.15) is 19.8 Å². The molecule has 0 saturated carbocycles. The third-order valence-corrected chi connectivity index (χ3v) is 1.08. The number of hydrogen-bond acceptors (Lipinski definition) is 3. The summed E-state index contributed by atoms with van der Waals surface area (Å²) in [6, 6.07) is 1.70. The van der Waals surface area contributed by atoms with E-state index < -0.39 is 0 Å². The molecule has 0 bridgehead atoms. The molecule has 0 fully saturated rings. The molecule has 0 rings (SSSR count). The SMILES string of the molecule is CCCCO/C=C(/C#N)C=O. The van der Waals surface area contributed by atoms with Gasteiger partial charge in [0, 0.05) is 0 Å². The molecule has 0 aromatic rings. The number of allylic oxidation sites excluding steroid dienone is 1. The van der Waals surface area contributed by atoms with Crippen LogP contribution in [-0.2, 0) is 9.53 Å². The van der Waals surface area contributed by atoms with Crippen LogP contribution in [0.3, 0.4) is 0 Å². The monoisotopic (exact) mass is 153 g/mol. The van der Waals surface area contributed by atoms with Gasteiger partial charge in [-0.15, -0.1) is 0 Å². The van der Waals surface area contributed by atoms with Crippen molar-refractivity contribution in [3.63, 3.8) is 0 Å². The molecule has 3 heteroatoms. The van der Waals surface area contributed by atoms with Gasteiger partial charge in [0.25, 0.3) is 0 Å². The maximum absolute atomic E-state index is 10.0. The summed E-state index contributed by atoms with van der Waals surface area (Å²) in [5, 5.41) is 8.25. The Hall–Kier alpha value is -1.30. The summed E-state index contributed by atoms with van der Waals surface area (Å²) in [4.78, 5) is 10.0. The Morgan fingerprint density at radius 2 is 2.45 bits per heavy atom. The lowest BCUT2D eigenvalue weighted by Crippen LogP contribution is -1.88. The topological polar surface area (TPSA) is 50.1 Å². The number of nitriles is 1. The Bertz CT molecular complexity index is 179. The lowest BCUT2D eigenvalue weighted by molar-refractivity contribution is -0.104. The summed E-state index contributed by atoms with van der Waals surface area (Å²) in [6.07, 6.45) is 3.65. The van der Waals surface area contributed by atoms with Gasteiger partial charge in [0.15, 0.2) is 6.29 Å². The minimum absolute atomic E-state index is 0.0288. The van der Waals surface area contributed by atoms with E-state index in [1.807, 2.05) is 6.92 Å². The fourth-order valence-corrected chi connectivity index (χ4v) is 0.457. The van der Waals surface area contributed by atoms with Gasteiger partial charge >= 0.3 is 0 Å². The van der Waals surface area contributed by atoms with Crippen LogP contribution in [0.15, 0.2) is 11.8 Å². The number of carbonyl (C=O) groups excluding carboxylic acids is 1. The van der Waals surface area contributed by atoms with Crippen molar-refractivity contribution in [1.29, 1.82) is 5.26 Å². The van der Waals surface area contributed by atoms with E-state index in [4.69, 9.17) is 10.00 Å². The Labute approximate surface area is 66.3 Å². The zero-order valence-corrected chi connectivity index (χ0v) is 6.54. The smallest absolute Gasteiger partial charge is 0.163 e. The van der Waals surface area contributed by atoms with Crippen LogP contribution >= 0.6 is 0 Å². The van der Waals surface area contributed by atoms with E-state index in [-0.39, 0.29) is 5.57 Å². The number of aldehydes is 1. The molecule has 0 aliphatic carbocycles. The fraction of sp³-hybridized carbons (Fsp3) is 0.500. The van der Waals surface area contributed by atoms with Crippen molar-refractivity contribution < 1.29 is 9.53 Å². The highest BCUT2D eigenvalue weighted by atomic mass is 16.5. The van der Waals surface area contributed by atoms with Gasteiger partial charge in [0.05, 0.1) is 6.61 Å². The van der Waals surface area contributed by atoms with Crippen LogP contribution in [0.2, 0.25) is 0 Å². The summed E-state index contributed by atoms with van der Waals surface area (Å²) in [5.41, 5.74) is 0.0288. The highest BCUT2D eigenvalue weighted by molar-refractivity contribution is 5.78. The number of carbonyl (C=O) groups is 1. The molecule has 0 aliphatic rings. The molecule has 0 aromatic carbocycles. The molecule has 11 heavy (non-hydrogen) atoms. The predicted molar refractivity (Wildman–Crippen MR) is 40.6 cm³/mol. The highest BCUT2D eigenvalue weighted by Gasteiger charge is 1.89. The van der Waals surface area contributed by atoms with Crippen LogP contribution in [0, 0.1) is 11.3 Å². The zero-order chi connectivity index (χ0) is 8.53. The highest BCUT2D eigenvalue weighted by Crippen LogP contribution is 1.91. The van der Waals surface area contributed by atoms with Gasteiger partial charge in [0.2, 0.25) is 0 Å². The van der Waals surface area contributed by atoms with Gasteiger partial charge in [-0.05, 0) is 6.42 Å². The van der Waals surface area contributed by atoms with Crippen molar-refractivity contribution in [2.75, 3.05) is 6.61 Å². The van der Waals surface area contributed by atoms with Crippen LogP contribution in [-0.4, -0.2) is 12.9 Å². The van der Waals surface area contributed by atoms with Crippen LogP contribution < -0.4 is 0 Å². The van der Waals surface area contributed by atoms with E-state index in [2.05, 4.69) is 0 Å².